The van der Waals surface area contributed by atoms with Crippen LogP contribution in [-0.2, 0) is 9.53 Å². The van der Waals surface area contributed by atoms with Gasteiger partial charge in [0, 0.05) is 6.54 Å². The second-order valence-electron chi connectivity index (χ2n) is 1.22. The maximum atomic E-state index is 9.75. The highest BCUT2D eigenvalue weighted by Gasteiger charge is 1.85. The Morgan fingerprint density at radius 3 is 2.88 bits per heavy atom. The fourth-order valence-corrected chi connectivity index (χ4v) is 0.224. The summed E-state index contributed by atoms with van der Waals surface area (Å²) in [6.07, 6.45) is 0.551. The number of carbonyl (C=O) groups is 1. The second-order valence-corrected chi connectivity index (χ2v) is 1.22. The molecule has 0 aromatic rings. The monoisotopic (exact) mass is 115 g/mol. The SMILES string of the molecule is C=C(C=O)OCCN. The Morgan fingerprint density at radius 2 is 2.50 bits per heavy atom. The van der Waals surface area contributed by atoms with Gasteiger partial charge >= 0.3 is 0 Å². The zero-order valence-electron chi connectivity index (χ0n) is 4.59. The Morgan fingerprint density at radius 1 is 1.88 bits per heavy atom. The van der Waals surface area contributed by atoms with E-state index >= 15 is 0 Å². The highest BCUT2D eigenvalue weighted by atomic mass is 16.5. The van der Waals surface area contributed by atoms with Crippen LogP contribution in [-0.4, -0.2) is 19.4 Å². The zero-order valence-corrected chi connectivity index (χ0v) is 4.59. The van der Waals surface area contributed by atoms with E-state index in [2.05, 4.69) is 11.3 Å². The van der Waals surface area contributed by atoms with Crippen molar-refractivity contribution in [2.75, 3.05) is 13.2 Å². The van der Waals surface area contributed by atoms with Crippen LogP contribution in [0.25, 0.3) is 0 Å². The molecule has 0 aliphatic heterocycles. The Balaban J connectivity index is 3.11. The lowest BCUT2D eigenvalue weighted by atomic mass is 10.6. The Bertz CT molecular complexity index is 90.4. The fourth-order valence-electron chi connectivity index (χ4n) is 0.224. The van der Waals surface area contributed by atoms with Crippen molar-refractivity contribution < 1.29 is 9.53 Å². The van der Waals surface area contributed by atoms with Gasteiger partial charge in [0.25, 0.3) is 0 Å². The van der Waals surface area contributed by atoms with E-state index in [-0.39, 0.29) is 5.76 Å². The molecule has 0 unspecified atom stereocenters. The molecule has 0 aromatic carbocycles. The van der Waals surface area contributed by atoms with Gasteiger partial charge in [0.15, 0.2) is 12.0 Å². The number of rotatable bonds is 4. The van der Waals surface area contributed by atoms with Crippen molar-refractivity contribution in [3.05, 3.63) is 12.3 Å². The smallest absolute Gasteiger partial charge is 0.184 e. The number of allylic oxidation sites excluding steroid dienone is 1. The van der Waals surface area contributed by atoms with E-state index in [9.17, 15) is 4.79 Å². The first-order valence-corrected chi connectivity index (χ1v) is 2.28. The first kappa shape index (κ1) is 7.17. The van der Waals surface area contributed by atoms with Crippen molar-refractivity contribution in [1.29, 1.82) is 0 Å². The van der Waals surface area contributed by atoms with Crippen LogP contribution >= 0.6 is 0 Å². The van der Waals surface area contributed by atoms with E-state index in [0.717, 1.165) is 0 Å². The third-order valence-corrected chi connectivity index (χ3v) is 0.537. The van der Waals surface area contributed by atoms with Gasteiger partial charge in [-0.15, -0.1) is 0 Å². The normalized spacial score (nSPS) is 8.12. The summed E-state index contributed by atoms with van der Waals surface area (Å²) >= 11 is 0. The van der Waals surface area contributed by atoms with Crippen molar-refractivity contribution in [2.24, 2.45) is 5.73 Å². The van der Waals surface area contributed by atoms with Crippen LogP contribution in [0, 0.1) is 0 Å². The van der Waals surface area contributed by atoms with Crippen LogP contribution < -0.4 is 5.73 Å². The van der Waals surface area contributed by atoms with Gasteiger partial charge in [0.2, 0.25) is 0 Å². The highest BCUT2D eigenvalue weighted by Crippen LogP contribution is 1.83. The number of carbonyl (C=O) groups excluding carboxylic acids is 1. The average Bonchev–Trinajstić information content (AvgIpc) is 1.83. The summed E-state index contributed by atoms with van der Waals surface area (Å²) in [5.41, 5.74) is 5.05. The molecule has 0 aromatic heterocycles. The standard InChI is InChI=1S/C5H9NO2/c1-5(4-7)8-3-2-6/h4H,1-3,6H2. The van der Waals surface area contributed by atoms with E-state index < -0.39 is 0 Å². The zero-order chi connectivity index (χ0) is 6.41. The highest BCUT2D eigenvalue weighted by molar-refractivity contribution is 5.68. The summed E-state index contributed by atoms with van der Waals surface area (Å²) in [4.78, 5) is 9.75. The van der Waals surface area contributed by atoms with Crippen molar-refractivity contribution in [3.8, 4) is 0 Å². The van der Waals surface area contributed by atoms with Crippen LogP contribution in [0.3, 0.4) is 0 Å². The minimum Gasteiger partial charge on any atom is -0.489 e. The summed E-state index contributed by atoms with van der Waals surface area (Å²) in [5.74, 6) is 0.135. The lowest BCUT2D eigenvalue weighted by molar-refractivity contribution is -0.107. The first-order chi connectivity index (χ1) is 3.81. The maximum absolute atomic E-state index is 9.75. The number of ether oxygens (including phenoxy) is 1. The van der Waals surface area contributed by atoms with Gasteiger partial charge in [0.05, 0.1) is 0 Å². The van der Waals surface area contributed by atoms with Crippen LogP contribution in [0.15, 0.2) is 12.3 Å². The minimum absolute atomic E-state index is 0.135. The second kappa shape index (κ2) is 4.33. The lowest BCUT2D eigenvalue weighted by Crippen LogP contribution is -2.07. The minimum atomic E-state index is 0.135. The molecule has 0 radical (unpaired) electrons. The van der Waals surface area contributed by atoms with Gasteiger partial charge in [-0.1, -0.05) is 6.58 Å². The molecule has 8 heavy (non-hydrogen) atoms. The Kier molecular flexibility index (Phi) is 3.88. The predicted octanol–water partition coefficient (Wildman–Crippen LogP) is -0.326. The molecule has 0 amide bonds. The number of aldehydes is 1. The van der Waals surface area contributed by atoms with Crippen LogP contribution in [0.2, 0.25) is 0 Å². The largest absolute Gasteiger partial charge is 0.489 e. The molecule has 2 N–H and O–H groups in total. The lowest BCUT2D eigenvalue weighted by Gasteiger charge is -1.98. The van der Waals surface area contributed by atoms with Gasteiger partial charge in [-0.3, -0.25) is 4.79 Å². The van der Waals surface area contributed by atoms with Crippen molar-refractivity contribution in [3.63, 3.8) is 0 Å². The van der Waals surface area contributed by atoms with E-state index in [1.165, 1.54) is 0 Å². The summed E-state index contributed by atoms with van der Waals surface area (Å²) in [6, 6.07) is 0. The third-order valence-electron chi connectivity index (χ3n) is 0.537. The molecule has 0 saturated heterocycles. The summed E-state index contributed by atoms with van der Waals surface area (Å²) in [7, 11) is 0. The molecule has 0 bridgehead atoms. The quantitative estimate of drug-likeness (QED) is 0.310. The average molecular weight is 115 g/mol. The Hall–Kier alpha value is -0.830. The van der Waals surface area contributed by atoms with Gasteiger partial charge in [-0.2, -0.15) is 0 Å². The van der Waals surface area contributed by atoms with E-state index in [4.69, 9.17) is 5.73 Å². The van der Waals surface area contributed by atoms with Gasteiger partial charge in [-0.25, -0.2) is 0 Å². The summed E-state index contributed by atoms with van der Waals surface area (Å²) < 4.78 is 4.65. The van der Waals surface area contributed by atoms with Gasteiger partial charge < -0.3 is 10.5 Å². The summed E-state index contributed by atoms with van der Waals surface area (Å²) in [5, 5.41) is 0. The predicted molar refractivity (Wildman–Crippen MR) is 30.2 cm³/mol. The number of nitrogens with two attached hydrogens (primary N) is 1. The molecular weight excluding hydrogens is 106 g/mol. The molecule has 0 fully saturated rings. The number of hydrogen-bond acceptors (Lipinski definition) is 3. The first-order valence-electron chi connectivity index (χ1n) is 2.28. The van der Waals surface area contributed by atoms with E-state index in [0.29, 0.717) is 19.4 Å². The summed E-state index contributed by atoms with van der Waals surface area (Å²) in [6.45, 7) is 4.03. The molecule has 0 heterocycles. The van der Waals surface area contributed by atoms with E-state index in [1.54, 1.807) is 0 Å². The maximum Gasteiger partial charge on any atom is 0.184 e. The van der Waals surface area contributed by atoms with Crippen molar-refractivity contribution in [2.45, 2.75) is 0 Å². The van der Waals surface area contributed by atoms with E-state index in [1.807, 2.05) is 0 Å². The molecule has 0 rings (SSSR count). The topological polar surface area (TPSA) is 52.3 Å². The van der Waals surface area contributed by atoms with Crippen LogP contribution in [0.1, 0.15) is 0 Å². The van der Waals surface area contributed by atoms with Crippen molar-refractivity contribution >= 4 is 6.29 Å². The molecule has 0 spiro atoms. The Labute approximate surface area is 48.1 Å². The fraction of sp³-hybridized carbons (Fsp3) is 0.400. The molecule has 46 valence electrons. The van der Waals surface area contributed by atoms with Gasteiger partial charge in [-0.05, 0) is 0 Å². The third kappa shape index (κ3) is 3.36. The molecule has 0 saturated carbocycles. The van der Waals surface area contributed by atoms with Crippen LogP contribution in [0.5, 0.6) is 0 Å². The van der Waals surface area contributed by atoms with Crippen molar-refractivity contribution in [1.82, 2.24) is 0 Å². The molecule has 3 heteroatoms. The molecule has 0 atom stereocenters. The number of hydrogen-bond donors (Lipinski definition) is 1. The molecule has 3 nitrogen and oxygen atoms in total. The van der Waals surface area contributed by atoms with Gasteiger partial charge in [0.1, 0.15) is 6.61 Å². The molecule has 0 aliphatic rings. The molecule has 0 aliphatic carbocycles. The van der Waals surface area contributed by atoms with Crippen LogP contribution in [0.4, 0.5) is 0 Å². The molecular formula is C5H9NO2.